The van der Waals surface area contributed by atoms with Crippen LogP contribution in [0.25, 0.3) is 0 Å². The van der Waals surface area contributed by atoms with E-state index in [-0.39, 0.29) is 11.7 Å². The molecule has 0 atom stereocenters. The Kier molecular flexibility index (Phi) is 1.62. The van der Waals surface area contributed by atoms with Crippen molar-refractivity contribution in [2.24, 2.45) is 0 Å². The maximum Gasteiger partial charge on any atom is 0.231 e. The zero-order chi connectivity index (χ0) is 9.59. The molecule has 13 heavy (non-hydrogen) atoms. The summed E-state index contributed by atoms with van der Waals surface area (Å²) >= 11 is 0. The number of carbonyl (C=O) groups excluding carboxylic acids is 1. The van der Waals surface area contributed by atoms with Crippen molar-refractivity contribution >= 4 is 11.6 Å². The third-order valence-electron chi connectivity index (χ3n) is 2.50. The van der Waals surface area contributed by atoms with Crippen LogP contribution < -0.4 is 4.90 Å². The van der Waals surface area contributed by atoms with Crippen LogP contribution in [0, 0.1) is 12.7 Å². The highest BCUT2D eigenvalue weighted by molar-refractivity contribution is 6.01. The molecule has 0 aromatic heterocycles. The van der Waals surface area contributed by atoms with Crippen LogP contribution in [-0.4, -0.2) is 13.0 Å². The van der Waals surface area contributed by atoms with E-state index in [1.807, 2.05) is 0 Å². The smallest absolute Gasteiger partial charge is 0.231 e. The molecule has 0 fully saturated rings. The van der Waals surface area contributed by atoms with Crippen molar-refractivity contribution in [1.82, 2.24) is 0 Å². The Balaban J connectivity index is 2.66. The summed E-state index contributed by atoms with van der Waals surface area (Å²) < 4.78 is 13.1. The minimum atomic E-state index is -0.250. The number of anilines is 1. The van der Waals surface area contributed by atoms with Crippen molar-refractivity contribution in [2.75, 3.05) is 11.9 Å². The number of carbonyl (C=O) groups is 1. The molecule has 2 rings (SSSR count). The van der Waals surface area contributed by atoms with E-state index in [1.54, 1.807) is 20.0 Å². The highest BCUT2D eigenvalue weighted by Gasteiger charge is 2.26. The van der Waals surface area contributed by atoms with E-state index in [1.165, 1.54) is 11.0 Å². The molecule has 2 nitrogen and oxygen atoms in total. The second-order valence-electron chi connectivity index (χ2n) is 3.31. The monoisotopic (exact) mass is 179 g/mol. The molecule has 1 aliphatic rings. The maximum absolute atomic E-state index is 13.1. The molecule has 1 heterocycles. The number of hydrogen-bond donors (Lipinski definition) is 0. The van der Waals surface area contributed by atoms with E-state index in [2.05, 4.69) is 0 Å². The summed E-state index contributed by atoms with van der Waals surface area (Å²) in [5, 5.41) is 0. The standard InChI is InChI=1S/C10H10FNO/c1-6-8(11)4-3-7-5-9(13)12(2)10(6)7/h3-4H,5H2,1-2H3. The van der Waals surface area contributed by atoms with Crippen LogP contribution in [-0.2, 0) is 11.2 Å². The lowest BCUT2D eigenvalue weighted by molar-refractivity contribution is -0.117. The van der Waals surface area contributed by atoms with Crippen LogP contribution >= 0.6 is 0 Å². The molecule has 0 radical (unpaired) electrons. The van der Waals surface area contributed by atoms with Crippen LogP contribution in [0.1, 0.15) is 11.1 Å². The Morgan fingerprint density at radius 3 is 2.85 bits per heavy atom. The van der Waals surface area contributed by atoms with Crippen molar-refractivity contribution in [3.05, 3.63) is 29.1 Å². The molecule has 1 aromatic carbocycles. The predicted molar refractivity (Wildman–Crippen MR) is 48.3 cm³/mol. The number of halogens is 1. The predicted octanol–water partition coefficient (Wildman–Crippen LogP) is 1.65. The Bertz CT molecular complexity index is 387. The van der Waals surface area contributed by atoms with Crippen molar-refractivity contribution in [3.8, 4) is 0 Å². The first-order chi connectivity index (χ1) is 6.11. The fourth-order valence-corrected chi connectivity index (χ4v) is 1.75. The first kappa shape index (κ1) is 8.23. The van der Waals surface area contributed by atoms with Gasteiger partial charge in [0, 0.05) is 12.6 Å². The van der Waals surface area contributed by atoms with Gasteiger partial charge in [-0.15, -0.1) is 0 Å². The minimum Gasteiger partial charge on any atom is -0.315 e. The van der Waals surface area contributed by atoms with E-state index < -0.39 is 0 Å². The fraction of sp³-hybridized carbons (Fsp3) is 0.300. The van der Waals surface area contributed by atoms with Crippen LogP contribution in [0.2, 0.25) is 0 Å². The molecular formula is C10H10FNO. The van der Waals surface area contributed by atoms with Gasteiger partial charge in [-0.05, 0) is 18.6 Å². The van der Waals surface area contributed by atoms with Gasteiger partial charge in [-0.1, -0.05) is 6.07 Å². The quantitative estimate of drug-likeness (QED) is 0.593. The Morgan fingerprint density at radius 2 is 2.15 bits per heavy atom. The van der Waals surface area contributed by atoms with Gasteiger partial charge in [0.25, 0.3) is 0 Å². The van der Waals surface area contributed by atoms with Gasteiger partial charge in [0.15, 0.2) is 0 Å². The number of amides is 1. The second-order valence-corrected chi connectivity index (χ2v) is 3.31. The molecule has 0 aliphatic carbocycles. The zero-order valence-electron chi connectivity index (χ0n) is 7.60. The average Bonchev–Trinajstić information content (AvgIpc) is 2.37. The molecule has 1 amide bonds. The number of hydrogen-bond acceptors (Lipinski definition) is 1. The molecule has 3 heteroatoms. The Labute approximate surface area is 76.0 Å². The Morgan fingerprint density at radius 1 is 1.46 bits per heavy atom. The van der Waals surface area contributed by atoms with Gasteiger partial charge >= 0.3 is 0 Å². The van der Waals surface area contributed by atoms with Gasteiger partial charge in [0.2, 0.25) is 5.91 Å². The molecule has 0 spiro atoms. The molecular weight excluding hydrogens is 169 g/mol. The molecule has 1 aliphatic heterocycles. The zero-order valence-corrected chi connectivity index (χ0v) is 7.60. The molecule has 1 aromatic rings. The van der Waals surface area contributed by atoms with Gasteiger partial charge in [-0.25, -0.2) is 4.39 Å². The first-order valence-electron chi connectivity index (χ1n) is 4.16. The van der Waals surface area contributed by atoms with Crippen LogP contribution in [0.4, 0.5) is 10.1 Å². The van der Waals surface area contributed by atoms with Crippen LogP contribution in [0.3, 0.4) is 0 Å². The van der Waals surface area contributed by atoms with Gasteiger partial charge in [-0.2, -0.15) is 0 Å². The summed E-state index contributed by atoms with van der Waals surface area (Å²) in [5.74, 6) is -0.219. The number of nitrogens with zero attached hydrogens (tertiary/aromatic N) is 1. The van der Waals surface area contributed by atoms with E-state index in [0.717, 1.165) is 11.3 Å². The number of fused-ring (bicyclic) bond motifs is 1. The van der Waals surface area contributed by atoms with Crippen molar-refractivity contribution in [2.45, 2.75) is 13.3 Å². The summed E-state index contributed by atoms with van der Waals surface area (Å²) in [6.45, 7) is 1.70. The molecule has 0 saturated heterocycles. The summed E-state index contributed by atoms with van der Waals surface area (Å²) in [7, 11) is 1.68. The average molecular weight is 179 g/mol. The third-order valence-corrected chi connectivity index (χ3v) is 2.50. The summed E-state index contributed by atoms with van der Waals surface area (Å²) in [4.78, 5) is 12.8. The number of likely N-dealkylation sites (N-methyl/N-ethyl adjacent to an activating group) is 1. The number of rotatable bonds is 0. The van der Waals surface area contributed by atoms with Crippen molar-refractivity contribution in [1.29, 1.82) is 0 Å². The largest absolute Gasteiger partial charge is 0.315 e. The highest BCUT2D eigenvalue weighted by atomic mass is 19.1. The lowest BCUT2D eigenvalue weighted by atomic mass is 10.1. The normalized spacial score (nSPS) is 15.0. The topological polar surface area (TPSA) is 20.3 Å². The van der Waals surface area contributed by atoms with Crippen LogP contribution in [0.5, 0.6) is 0 Å². The molecule has 68 valence electrons. The van der Waals surface area contributed by atoms with Crippen molar-refractivity contribution < 1.29 is 9.18 Å². The highest BCUT2D eigenvalue weighted by Crippen LogP contribution is 2.32. The lowest BCUT2D eigenvalue weighted by Gasteiger charge is -2.13. The van der Waals surface area contributed by atoms with Gasteiger partial charge in [0.05, 0.1) is 12.1 Å². The SMILES string of the molecule is Cc1c(F)ccc2c1N(C)C(=O)C2. The first-order valence-corrected chi connectivity index (χ1v) is 4.16. The fourth-order valence-electron chi connectivity index (χ4n) is 1.75. The van der Waals surface area contributed by atoms with Gasteiger partial charge < -0.3 is 4.90 Å². The molecule has 0 N–H and O–H groups in total. The second kappa shape index (κ2) is 2.55. The van der Waals surface area contributed by atoms with E-state index >= 15 is 0 Å². The van der Waals surface area contributed by atoms with Gasteiger partial charge in [-0.3, -0.25) is 4.79 Å². The third kappa shape index (κ3) is 1.03. The molecule has 0 unspecified atom stereocenters. The molecule has 0 saturated carbocycles. The Hall–Kier alpha value is -1.38. The summed E-state index contributed by atoms with van der Waals surface area (Å²) in [5.41, 5.74) is 2.22. The van der Waals surface area contributed by atoms with Crippen LogP contribution in [0.15, 0.2) is 12.1 Å². The van der Waals surface area contributed by atoms with Crippen molar-refractivity contribution in [3.63, 3.8) is 0 Å². The van der Waals surface area contributed by atoms with E-state index in [9.17, 15) is 9.18 Å². The molecule has 0 bridgehead atoms. The number of benzene rings is 1. The van der Waals surface area contributed by atoms with E-state index in [4.69, 9.17) is 0 Å². The van der Waals surface area contributed by atoms with Gasteiger partial charge in [0.1, 0.15) is 5.82 Å². The lowest BCUT2D eigenvalue weighted by Crippen LogP contribution is -2.21. The maximum atomic E-state index is 13.1. The van der Waals surface area contributed by atoms with E-state index in [0.29, 0.717) is 12.0 Å². The summed E-state index contributed by atoms with van der Waals surface area (Å²) in [6.07, 6.45) is 0.396. The minimum absolute atomic E-state index is 0.0312. The summed E-state index contributed by atoms with van der Waals surface area (Å²) in [6, 6.07) is 3.10.